The molecule has 3 nitrogen and oxygen atoms in total. The highest BCUT2D eigenvalue weighted by Crippen LogP contribution is 2.27. The average molecular weight is 264 g/mol. The Hall–Kier alpha value is -1.39. The maximum atomic E-state index is 11.3. The second-order valence-corrected chi connectivity index (χ2v) is 6.23. The molecule has 0 radical (unpaired) electrons. The van der Waals surface area contributed by atoms with Gasteiger partial charge in [-0.3, -0.25) is 4.55 Å². The third-order valence-electron chi connectivity index (χ3n) is 2.88. The van der Waals surface area contributed by atoms with Gasteiger partial charge in [0.2, 0.25) is 0 Å². The van der Waals surface area contributed by atoms with Gasteiger partial charge in [-0.1, -0.05) is 44.2 Å². The molecule has 0 bridgehead atoms. The summed E-state index contributed by atoms with van der Waals surface area (Å²) in [5.41, 5.74) is 1.10. The summed E-state index contributed by atoms with van der Waals surface area (Å²) < 4.78 is 31.9. The van der Waals surface area contributed by atoms with E-state index in [1.165, 1.54) is 6.07 Å². The van der Waals surface area contributed by atoms with Crippen LogP contribution in [0.15, 0.2) is 41.3 Å². The van der Waals surface area contributed by atoms with Crippen molar-refractivity contribution in [2.75, 3.05) is 0 Å². The van der Waals surface area contributed by atoms with Crippen LogP contribution < -0.4 is 0 Å². The van der Waals surface area contributed by atoms with Crippen LogP contribution in [0, 0.1) is 5.92 Å². The molecule has 0 atom stereocenters. The zero-order chi connectivity index (χ0) is 13.3. The minimum atomic E-state index is -4.17. The highest BCUT2D eigenvalue weighted by atomic mass is 32.2. The SMILES string of the molecule is CC(C)Cc1ccc(S(=O)(=O)O)c2ccccc12. The molecule has 0 saturated carbocycles. The van der Waals surface area contributed by atoms with Crippen molar-refractivity contribution in [3.05, 3.63) is 42.0 Å². The lowest BCUT2D eigenvalue weighted by molar-refractivity contribution is 0.484. The molecule has 0 unspecified atom stereocenters. The van der Waals surface area contributed by atoms with Gasteiger partial charge in [0, 0.05) is 5.39 Å². The van der Waals surface area contributed by atoms with Gasteiger partial charge >= 0.3 is 0 Å². The fraction of sp³-hybridized carbons (Fsp3) is 0.286. The molecule has 0 spiro atoms. The van der Waals surface area contributed by atoms with E-state index in [-0.39, 0.29) is 4.90 Å². The van der Waals surface area contributed by atoms with E-state index in [2.05, 4.69) is 13.8 Å². The van der Waals surface area contributed by atoms with Crippen molar-refractivity contribution in [3.63, 3.8) is 0 Å². The van der Waals surface area contributed by atoms with Gasteiger partial charge in [0.15, 0.2) is 0 Å². The highest BCUT2D eigenvalue weighted by molar-refractivity contribution is 7.86. The van der Waals surface area contributed by atoms with Crippen LogP contribution >= 0.6 is 0 Å². The van der Waals surface area contributed by atoms with E-state index in [0.29, 0.717) is 11.3 Å². The molecule has 96 valence electrons. The first-order chi connectivity index (χ1) is 8.39. The third-order valence-corrected chi connectivity index (χ3v) is 3.79. The maximum absolute atomic E-state index is 11.3. The molecule has 18 heavy (non-hydrogen) atoms. The van der Waals surface area contributed by atoms with Gasteiger partial charge in [-0.05, 0) is 29.4 Å². The predicted molar refractivity (Wildman–Crippen MR) is 72.3 cm³/mol. The molecule has 0 aliphatic heterocycles. The molecule has 0 fully saturated rings. The van der Waals surface area contributed by atoms with Crippen molar-refractivity contribution >= 4 is 20.9 Å². The molecule has 4 heteroatoms. The van der Waals surface area contributed by atoms with Gasteiger partial charge in [-0.25, -0.2) is 0 Å². The number of fused-ring (bicyclic) bond motifs is 1. The van der Waals surface area contributed by atoms with Gasteiger partial charge in [0.25, 0.3) is 10.1 Å². The van der Waals surface area contributed by atoms with Crippen LogP contribution in [0.5, 0.6) is 0 Å². The summed E-state index contributed by atoms with van der Waals surface area (Å²) in [7, 11) is -4.17. The Bertz CT molecular complexity index is 672. The third kappa shape index (κ3) is 2.54. The van der Waals surface area contributed by atoms with Crippen LogP contribution in [0.4, 0.5) is 0 Å². The smallest absolute Gasteiger partial charge is 0.282 e. The largest absolute Gasteiger partial charge is 0.295 e. The summed E-state index contributed by atoms with van der Waals surface area (Å²) in [6, 6.07) is 10.5. The minimum absolute atomic E-state index is 0.0226. The summed E-state index contributed by atoms with van der Waals surface area (Å²) >= 11 is 0. The van der Waals surface area contributed by atoms with E-state index >= 15 is 0 Å². The molecule has 0 amide bonds. The molecule has 1 N–H and O–H groups in total. The minimum Gasteiger partial charge on any atom is -0.282 e. The quantitative estimate of drug-likeness (QED) is 0.865. The molecule has 0 aromatic heterocycles. The molecule has 0 saturated heterocycles. The van der Waals surface area contributed by atoms with Crippen LogP contribution in [-0.4, -0.2) is 13.0 Å². The fourth-order valence-electron chi connectivity index (χ4n) is 2.18. The fourth-order valence-corrected chi connectivity index (χ4v) is 2.87. The predicted octanol–water partition coefficient (Wildman–Crippen LogP) is 3.29. The highest BCUT2D eigenvalue weighted by Gasteiger charge is 2.15. The Kier molecular flexibility index (Phi) is 3.41. The molecule has 2 aromatic carbocycles. The molecule has 0 heterocycles. The topological polar surface area (TPSA) is 54.4 Å². The van der Waals surface area contributed by atoms with Crippen molar-refractivity contribution in [2.24, 2.45) is 5.92 Å². The van der Waals surface area contributed by atoms with Crippen LogP contribution in [0.1, 0.15) is 19.4 Å². The van der Waals surface area contributed by atoms with Gasteiger partial charge < -0.3 is 0 Å². The molecule has 2 rings (SSSR count). The van der Waals surface area contributed by atoms with Crippen molar-refractivity contribution < 1.29 is 13.0 Å². The lowest BCUT2D eigenvalue weighted by atomic mass is 9.97. The van der Waals surface area contributed by atoms with E-state index in [0.717, 1.165) is 17.4 Å². The number of benzene rings is 2. The van der Waals surface area contributed by atoms with Gasteiger partial charge in [-0.15, -0.1) is 0 Å². The summed E-state index contributed by atoms with van der Waals surface area (Å²) in [6.45, 7) is 4.23. The Morgan fingerprint density at radius 2 is 1.67 bits per heavy atom. The van der Waals surface area contributed by atoms with Crippen molar-refractivity contribution in [2.45, 2.75) is 25.2 Å². The zero-order valence-electron chi connectivity index (χ0n) is 10.4. The van der Waals surface area contributed by atoms with Gasteiger partial charge in [-0.2, -0.15) is 8.42 Å². The molecular weight excluding hydrogens is 248 g/mol. The Morgan fingerprint density at radius 3 is 2.22 bits per heavy atom. The lowest BCUT2D eigenvalue weighted by Crippen LogP contribution is -2.02. The summed E-state index contributed by atoms with van der Waals surface area (Å²) in [5, 5.41) is 1.47. The molecule has 2 aromatic rings. The van der Waals surface area contributed by atoms with E-state index < -0.39 is 10.1 Å². The number of rotatable bonds is 3. The Labute approximate surface area is 107 Å². The standard InChI is InChI=1S/C14H16O3S/c1-10(2)9-11-7-8-14(18(15,16)17)13-6-4-3-5-12(11)13/h3-8,10H,9H2,1-2H3,(H,15,16,17). The van der Waals surface area contributed by atoms with Crippen molar-refractivity contribution in [1.29, 1.82) is 0 Å². The zero-order valence-corrected chi connectivity index (χ0v) is 11.2. The van der Waals surface area contributed by atoms with E-state index in [1.54, 1.807) is 18.2 Å². The summed E-state index contributed by atoms with van der Waals surface area (Å²) in [4.78, 5) is -0.0226. The first-order valence-corrected chi connectivity index (χ1v) is 7.31. The van der Waals surface area contributed by atoms with Crippen molar-refractivity contribution in [3.8, 4) is 0 Å². The molecule has 0 aliphatic rings. The lowest BCUT2D eigenvalue weighted by Gasteiger charge is -2.11. The summed E-state index contributed by atoms with van der Waals surface area (Å²) in [6.07, 6.45) is 0.881. The van der Waals surface area contributed by atoms with Crippen LogP contribution in [0.2, 0.25) is 0 Å². The van der Waals surface area contributed by atoms with Crippen LogP contribution in [0.25, 0.3) is 10.8 Å². The van der Waals surface area contributed by atoms with Gasteiger partial charge in [0.05, 0.1) is 0 Å². The Morgan fingerprint density at radius 1 is 1.06 bits per heavy atom. The van der Waals surface area contributed by atoms with Crippen LogP contribution in [0.3, 0.4) is 0 Å². The van der Waals surface area contributed by atoms with E-state index in [9.17, 15) is 13.0 Å². The monoisotopic (exact) mass is 264 g/mol. The normalized spacial score (nSPS) is 12.2. The van der Waals surface area contributed by atoms with Gasteiger partial charge in [0.1, 0.15) is 4.90 Å². The first-order valence-electron chi connectivity index (χ1n) is 5.87. The summed E-state index contributed by atoms with van der Waals surface area (Å²) in [5.74, 6) is 0.491. The van der Waals surface area contributed by atoms with E-state index in [4.69, 9.17) is 0 Å². The van der Waals surface area contributed by atoms with Crippen molar-refractivity contribution in [1.82, 2.24) is 0 Å². The second-order valence-electron chi connectivity index (χ2n) is 4.84. The number of hydrogen-bond donors (Lipinski definition) is 1. The van der Waals surface area contributed by atoms with Crippen LogP contribution in [-0.2, 0) is 16.5 Å². The first kappa shape index (κ1) is 13.1. The van der Waals surface area contributed by atoms with E-state index in [1.807, 2.05) is 12.1 Å². The maximum Gasteiger partial charge on any atom is 0.295 e. The second kappa shape index (κ2) is 4.71. The molecular formula is C14H16O3S. The number of hydrogen-bond acceptors (Lipinski definition) is 2. The average Bonchev–Trinajstić information content (AvgIpc) is 2.27. The Balaban J connectivity index is 2.74. The molecule has 0 aliphatic carbocycles.